The zero-order chi connectivity index (χ0) is 13.9. The third kappa shape index (κ3) is 1.87. The van der Waals surface area contributed by atoms with Gasteiger partial charge in [-0.1, -0.05) is 12.1 Å². The van der Waals surface area contributed by atoms with Crippen LogP contribution in [0.25, 0.3) is 16.9 Å². The van der Waals surface area contributed by atoms with E-state index in [1.54, 1.807) is 22.8 Å². The molecule has 0 atom stereocenters. The molecule has 1 N–H and O–H groups in total. The molecule has 0 saturated heterocycles. The maximum absolute atomic E-state index is 10.5. The molecule has 0 aliphatic carbocycles. The first kappa shape index (κ1) is 11.9. The third-order valence-electron chi connectivity index (χ3n) is 2.91. The number of fused-ring (bicyclic) bond motifs is 1. The van der Waals surface area contributed by atoms with Crippen molar-refractivity contribution in [3.63, 3.8) is 0 Å². The molecule has 2 aromatic heterocycles. The number of nitrogens with zero attached hydrogens (tertiary/aromatic N) is 4. The molecule has 0 spiro atoms. The summed E-state index contributed by atoms with van der Waals surface area (Å²) in [6.45, 7) is 0. The SMILES string of the molecule is N#Cc1cnn2c(-c3cccc(NC=O)c3)ccnc12. The van der Waals surface area contributed by atoms with Crippen LogP contribution in [-0.4, -0.2) is 21.0 Å². The number of aromatic nitrogens is 3. The fraction of sp³-hybridized carbons (Fsp3) is 0. The minimum atomic E-state index is 0.425. The van der Waals surface area contributed by atoms with E-state index in [4.69, 9.17) is 5.26 Å². The molecule has 0 aliphatic heterocycles. The van der Waals surface area contributed by atoms with Gasteiger partial charge in [0.25, 0.3) is 0 Å². The van der Waals surface area contributed by atoms with Crippen molar-refractivity contribution in [2.75, 3.05) is 5.32 Å². The zero-order valence-electron chi connectivity index (χ0n) is 10.3. The molecule has 0 unspecified atom stereocenters. The van der Waals surface area contributed by atoms with Crippen molar-refractivity contribution >= 4 is 17.7 Å². The topological polar surface area (TPSA) is 83.1 Å². The van der Waals surface area contributed by atoms with E-state index in [0.717, 1.165) is 11.3 Å². The maximum atomic E-state index is 10.5. The molecule has 0 saturated carbocycles. The van der Waals surface area contributed by atoms with Crippen LogP contribution in [0.5, 0.6) is 0 Å². The Kier molecular flexibility index (Phi) is 2.86. The van der Waals surface area contributed by atoms with Gasteiger partial charge in [-0.15, -0.1) is 0 Å². The van der Waals surface area contributed by atoms with Crippen LogP contribution in [0, 0.1) is 11.3 Å². The second-order valence-corrected chi connectivity index (χ2v) is 4.08. The van der Waals surface area contributed by atoms with Gasteiger partial charge in [0.1, 0.15) is 11.6 Å². The Balaban J connectivity index is 2.19. The fourth-order valence-electron chi connectivity index (χ4n) is 2.03. The lowest BCUT2D eigenvalue weighted by Crippen LogP contribution is -1.97. The van der Waals surface area contributed by atoms with Crippen molar-refractivity contribution in [3.05, 3.63) is 48.3 Å². The molecular formula is C14H9N5O. The van der Waals surface area contributed by atoms with E-state index in [2.05, 4.69) is 21.5 Å². The van der Waals surface area contributed by atoms with Gasteiger partial charge in [-0.2, -0.15) is 10.4 Å². The number of hydrogen-bond donors (Lipinski definition) is 1. The Morgan fingerprint density at radius 1 is 1.35 bits per heavy atom. The van der Waals surface area contributed by atoms with Crippen LogP contribution in [0.2, 0.25) is 0 Å². The molecule has 1 aromatic carbocycles. The third-order valence-corrected chi connectivity index (χ3v) is 2.91. The Bertz CT molecular complexity index is 831. The smallest absolute Gasteiger partial charge is 0.211 e. The van der Waals surface area contributed by atoms with Crippen LogP contribution in [0.15, 0.2) is 42.7 Å². The summed E-state index contributed by atoms with van der Waals surface area (Å²) in [6.07, 6.45) is 3.75. The molecule has 3 rings (SSSR count). The first-order chi connectivity index (χ1) is 9.83. The Morgan fingerprint density at radius 3 is 3.05 bits per heavy atom. The van der Waals surface area contributed by atoms with E-state index >= 15 is 0 Å². The molecule has 0 bridgehead atoms. The number of nitriles is 1. The van der Waals surface area contributed by atoms with Crippen molar-refractivity contribution in [1.82, 2.24) is 14.6 Å². The van der Waals surface area contributed by atoms with Gasteiger partial charge in [0.05, 0.1) is 11.9 Å². The molecular weight excluding hydrogens is 254 g/mol. The first-order valence-corrected chi connectivity index (χ1v) is 5.87. The standard InChI is InChI=1S/C14H9N5O/c15-7-11-8-18-19-13(4-5-16-14(11)19)10-2-1-3-12(6-10)17-9-20/h1-6,8-9H,(H,17,20). The summed E-state index contributed by atoms with van der Waals surface area (Å²) >= 11 is 0. The van der Waals surface area contributed by atoms with Crippen molar-refractivity contribution in [2.24, 2.45) is 0 Å². The van der Waals surface area contributed by atoms with Gasteiger partial charge in [-0.05, 0) is 18.2 Å². The summed E-state index contributed by atoms with van der Waals surface area (Å²) in [4.78, 5) is 14.7. The second-order valence-electron chi connectivity index (χ2n) is 4.08. The van der Waals surface area contributed by atoms with E-state index in [-0.39, 0.29) is 0 Å². The Labute approximate surface area is 114 Å². The van der Waals surface area contributed by atoms with Gasteiger partial charge in [0.2, 0.25) is 6.41 Å². The normalized spacial score (nSPS) is 10.2. The first-order valence-electron chi connectivity index (χ1n) is 5.87. The van der Waals surface area contributed by atoms with E-state index < -0.39 is 0 Å². The molecule has 0 aliphatic rings. The van der Waals surface area contributed by atoms with Crippen molar-refractivity contribution in [3.8, 4) is 17.3 Å². The van der Waals surface area contributed by atoms with Crippen molar-refractivity contribution in [2.45, 2.75) is 0 Å². The average molecular weight is 263 g/mol. The van der Waals surface area contributed by atoms with E-state index in [9.17, 15) is 4.79 Å². The van der Waals surface area contributed by atoms with Gasteiger partial charge in [0, 0.05) is 17.4 Å². The van der Waals surface area contributed by atoms with Gasteiger partial charge in [-0.3, -0.25) is 4.79 Å². The minimum Gasteiger partial charge on any atom is -0.329 e. The van der Waals surface area contributed by atoms with Crippen LogP contribution in [0.3, 0.4) is 0 Å². The fourth-order valence-corrected chi connectivity index (χ4v) is 2.03. The molecule has 2 heterocycles. The molecule has 0 fully saturated rings. The molecule has 20 heavy (non-hydrogen) atoms. The minimum absolute atomic E-state index is 0.425. The zero-order valence-corrected chi connectivity index (χ0v) is 10.3. The maximum Gasteiger partial charge on any atom is 0.211 e. The molecule has 3 aromatic rings. The molecule has 0 radical (unpaired) electrons. The van der Waals surface area contributed by atoms with E-state index in [1.807, 2.05) is 18.2 Å². The van der Waals surface area contributed by atoms with Gasteiger partial charge in [-0.25, -0.2) is 9.50 Å². The summed E-state index contributed by atoms with van der Waals surface area (Å²) < 4.78 is 1.61. The lowest BCUT2D eigenvalue weighted by atomic mass is 10.1. The largest absolute Gasteiger partial charge is 0.329 e. The predicted octanol–water partition coefficient (Wildman–Crippen LogP) is 1.84. The number of amides is 1. The highest BCUT2D eigenvalue weighted by atomic mass is 16.1. The number of carbonyl (C=O) groups is 1. The highest BCUT2D eigenvalue weighted by Crippen LogP contribution is 2.23. The highest BCUT2D eigenvalue weighted by molar-refractivity contribution is 5.75. The van der Waals surface area contributed by atoms with Crippen LogP contribution in [0.1, 0.15) is 5.56 Å². The quantitative estimate of drug-likeness (QED) is 0.731. The van der Waals surface area contributed by atoms with Gasteiger partial charge < -0.3 is 5.32 Å². The number of anilines is 1. The summed E-state index contributed by atoms with van der Waals surface area (Å²) in [6, 6.07) is 11.2. The number of benzene rings is 1. The van der Waals surface area contributed by atoms with Gasteiger partial charge in [0.15, 0.2) is 5.65 Å². The van der Waals surface area contributed by atoms with Crippen molar-refractivity contribution < 1.29 is 4.79 Å². The number of hydrogen-bond acceptors (Lipinski definition) is 4. The average Bonchev–Trinajstić information content (AvgIpc) is 2.91. The summed E-state index contributed by atoms with van der Waals surface area (Å²) in [7, 11) is 0. The number of rotatable bonds is 3. The molecule has 1 amide bonds. The van der Waals surface area contributed by atoms with Gasteiger partial charge >= 0.3 is 0 Å². The summed E-state index contributed by atoms with van der Waals surface area (Å²) in [5.74, 6) is 0. The van der Waals surface area contributed by atoms with E-state index in [1.165, 1.54) is 6.20 Å². The number of carbonyl (C=O) groups excluding carboxylic acids is 1. The summed E-state index contributed by atoms with van der Waals surface area (Å²) in [5, 5.41) is 15.8. The van der Waals surface area contributed by atoms with E-state index in [0.29, 0.717) is 23.3 Å². The number of nitrogens with one attached hydrogen (secondary N) is 1. The molecule has 6 nitrogen and oxygen atoms in total. The second kappa shape index (κ2) is 4.82. The van der Waals surface area contributed by atoms with Crippen LogP contribution < -0.4 is 5.32 Å². The monoisotopic (exact) mass is 263 g/mol. The predicted molar refractivity (Wildman–Crippen MR) is 72.8 cm³/mol. The Morgan fingerprint density at radius 2 is 2.25 bits per heavy atom. The molecule has 6 heteroatoms. The summed E-state index contributed by atoms with van der Waals surface area (Å²) in [5.41, 5.74) is 3.30. The lowest BCUT2D eigenvalue weighted by Gasteiger charge is -2.06. The van der Waals surface area contributed by atoms with Crippen LogP contribution in [-0.2, 0) is 4.79 Å². The lowest BCUT2D eigenvalue weighted by molar-refractivity contribution is -0.105. The highest BCUT2D eigenvalue weighted by Gasteiger charge is 2.09. The van der Waals surface area contributed by atoms with Crippen LogP contribution >= 0.6 is 0 Å². The van der Waals surface area contributed by atoms with Crippen LogP contribution in [0.4, 0.5) is 5.69 Å². The molecule has 96 valence electrons. The van der Waals surface area contributed by atoms with Crippen molar-refractivity contribution in [1.29, 1.82) is 5.26 Å². The Hall–Kier alpha value is -3.20.